The van der Waals surface area contributed by atoms with Crippen LogP contribution in [0.4, 0.5) is 0 Å². The quantitative estimate of drug-likeness (QED) is 0.876. The van der Waals surface area contributed by atoms with E-state index in [1.165, 1.54) is 11.1 Å². The lowest BCUT2D eigenvalue weighted by atomic mass is 10.0. The molecule has 0 spiro atoms. The van der Waals surface area contributed by atoms with Gasteiger partial charge in [-0.15, -0.1) is 10.2 Å². The van der Waals surface area contributed by atoms with E-state index in [9.17, 15) is 0 Å². The molecule has 0 fully saturated rings. The van der Waals surface area contributed by atoms with Gasteiger partial charge in [-0.2, -0.15) is 0 Å². The highest BCUT2D eigenvalue weighted by molar-refractivity contribution is 5.59. The molecule has 0 radical (unpaired) electrons. The molecule has 0 atom stereocenters. The fraction of sp³-hybridized carbons (Fsp3) is 0.385. The number of benzene rings is 1. The predicted octanol–water partition coefficient (Wildman–Crippen LogP) is 2.24. The second-order valence-corrected chi connectivity index (χ2v) is 4.14. The van der Waals surface area contributed by atoms with Gasteiger partial charge >= 0.3 is 0 Å². The molecule has 2 rings (SSSR count). The minimum atomic E-state index is 0.596. The summed E-state index contributed by atoms with van der Waals surface area (Å²) >= 11 is 0. The number of hydrogen-bond acceptors (Lipinski definition) is 4. The SMILES string of the molecule is Cc1cccc(-c2nnc(CCCN)o2)c1C. The van der Waals surface area contributed by atoms with Crippen LogP contribution >= 0.6 is 0 Å². The zero-order chi connectivity index (χ0) is 12.3. The molecule has 0 bridgehead atoms. The van der Waals surface area contributed by atoms with Gasteiger partial charge in [0.1, 0.15) is 0 Å². The smallest absolute Gasteiger partial charge is 0.248 e. The molecular weight excluding hydrogens is 214 g/mol. The molecule has 0 unspecified atom stereocenters. The first-order chi connectivity index (χ1) is 8.22. The summed E-state index contributed by atoms with van der Waals surface area (Å²) in [4.78, 5) is 0. The maximum absolute atomic E-state index is 5.63. The maximum atomic E-state index is 5.63. The number of rotatable bonds is 4. The highest BCUT2D eigenvalue weighted by Crippen LogP contribution is 2.24. The Hall–Kier alpha value is -1.68. The van der Waals surface area contributed by atoms with E-state index < -0.39 is 0 Å². The van der Waals surface area contributed by atoms with Crippen molar-refractivity contribution in [2.45, 2.75) is 26.7 Å². The molecule has 0 amide bonds. The summed E-state index contributed by atoms with van der Waals surface area (Å²) in [6.07, 6.45) is 1.61. The Kier molecular flexibility index (Phi) is 3.54. The van der Waals surface area contributed by atoms with Gasteiger partial charge in [-0.1, -0.05) is 12.1 Å². The van der Waals surface area contributed by atoms with Crippen molar-refractivity contribution in [3.05, 3.63) is 35.2 Å². The molecule has 0 saturated carbocycles. The van der Waals surface area contributed by atoms with Crippen LogP contribution in [0.3, 0.4) is 0 Å². The van der Waals surface area contributed by atoms with E-state index in [1.54, 1.807) is 0 Å². The average molecular weight is 231 g/mol. The van der Waals surface area contributed by atoms with Gasteiger partial charge in [0, 0.05) is 12.0 Å². The molecule has 0 aliphatic carbocycles. The second kappa shape index (κ2) is 5.10. The molecule has 4 nitrogen and oxygen atoms in total. The third-order valence-corrected chi connectivity index (χ3v) is 2.90. The van der Waals surface area contributed by atoms with Gasteiger partial charge < -0.3 is 10.2 Å². The van der Waals surface area contributed by atoms with Crippen LogP contribution in [0.2, 0.25) is 0 Å². The van der Waals surface area contributed by atoms with Crippen molar-refractivity contribution >= 4 is 0 Å². The largest absolute Gasteiger partial charge is 0.421 e. The summed E-state index contributed by atoms with van der Waals surface area (Å²) in [5, 5.41) is 8.11. The normalized spacial score (nSPS) is 10.8. The van der Waals surface area contributed by atoms with E-state index >= 15 is 0 Å². The number of nitrogens with two attached hydrogens (primary N) is 1. The Labute approximate surface area is 101 Å². The monoisotopic (exact) mass is 231 g/mol. The molecule has 1 heterocycles. The van der Waals surface area contributed by atoms with Crippen molar-refractivity contribution in [3.8, 4) is 11.5 Å². The number of aromatic nitrogens is 2. The third kappa shape index (κ3) is 2.53. The summed E-state index contributed by atoms with van der Waals surface area (Å²) in [6.45, 7) is 4.78. The number of hydrogen-bond donors (Lipinski definition) is 1. The second-order valence-electron chi connectivity index (χ2n) is 4.14. The molecule has 0 aliphatic rings. The van der Waals surface area contributed by atoms with Crippen LogP contribution in [0.5, 0.6) is 0 Å². The van der Waals surface area contributed by atoms with Gasteiger partial charge in [0.2, 0.25) is 11.8 Å². The summed E-state index contributed by atoms with van der Waals surface area (Å²) in [5.74, 6) is 1.25. The van der Waals surface area contributed by atoms with Crippen LogP contribution in [-0.4, -0.2) is 16.7 Å². The molecule has 1 aromatic carbocycles. The Morgan fingerprint density at radius 2 is 2.06 bits per heavy atom. The highest BCUT2D eigenvalue weighted by Gasteiger charge is 2.11. The minimum absolute atomic E-state index is 0.596. The molecule has 1 aromatic heterocycles. The lowest BCUT2D eigenvalue weighted by Crippen LogP contribution is -2.00. The number of aryl methyl sites for hydroxylation is 2. The molecule has 2 N–H and O–H groups in total. The van der Waals surface area contributed by atoms with Crippen LogP contribution in [-0.2, 0) is 6.42 Å². The fourth-order valence-corrected chi connectivity index (χ4v) is 1.70. The summed E-state index contributed by atoms with van der Waals surface area (Å²) < 4.78 is 5.63. The molecule has 0 aliphatic heterocycles. The Bertz CT molecular complexity index is 505. The van der Waals surface area contributed by atoms with Gasteiger partial charge in [0.25, 0.3) is 0 Å². The van der Waals surface area contributed by atoms with Crippen LogP contribution in [0.15, 0.2) is 22.6 Å². The van der Waals surface area contributed by atoms with Crippen molar-refractivity contribution in [2.75, 3.05) is 6.54 Å². The minimum Gasteiger partial charge on any atom is -0.421 e. The van der Waals surface area contributed by atoms with Crippen molar-refractivity contribution in [2.24, 2.45) is 5.73 Å². The van der Waals surface area contributed by atoms with Crippen molar-refractivity contribution < 1.29 is 4.42 Å². The molecular formula is C13H17N3O. The zero-order valence-electron chi connectivity index (χ0n) is 10.2. The highest BCUT2D eigenvalue weighted by atomic mass is 16.4. The Morgan fingerprint density at radius 1 is 1.24 bits per heavy atom. The van der Waals surface area contributed by atoms with Crippen molar-refractivity contribution in [1.82, 2.24) is 10.2 Å². The van der Waals surface area contributed by atoms with E-state index in [2.05, 4.69) is 30.1 Å². The third-order valence-electron chi connectivity index (χ3n) is 2.90. The topological polar surface area (TPSA) is 64.9 Å². The Balaban J connectivity index is 2.27. The first-order valence-electron chi connectivity index (χ1n) is 5.81. The summed E-state index contributed by atoms with van der Waals surface area (Å²) in [6, 6.07) is 6.08. The molecule has 0 saturated heterocycles. The van der Waals surface area contributed by atoms with Crippen LogP contribution in [0.25, 0.3) is 11.5 Å². The van der Waals surface area contributed by atoms with Crippen molar-refractivity contribution in [3.63, 3.8) is 0 Å². The molecule has 90 valence electrons. The number of nitrogens with zero attached hydrogens (tertiary/aromatic N) is 2. The average Bonchev–Trinajstić information content (AvgIpc) is 2.78. The van der Waals surface area contributed by atoms with E-state index in [0.717, 1.165) is 18.4 Å². The maximum Gasteiger partial charge on any atom is 0.248 e. The van der Waals surface area contributed by atoms with Crippen LogP contribution < -0.4 is 5.73 Å². The molecule has 17 heavy (non-hydrogen) atoms. The first kappa shape index (κ1) is 11.8. The lowest BCUT2D eigenvalue weighted by Gasteiger charge is -2.03. The van der Waals surface area contributed by atoms with Crippen molar-refractivity contribution in [1.29, 1.82) is 0 Å². The van der Waals surface area contributed by atoms with E-state index in [-0.39, 0.29) is 0 Å². The molecule has 4 heteroatoms. The summed E-state index contributed by atoms with van der Waals surface area (Å²) in [7, 11) is 0. The zero-order valence-corrected chi connectivity index (χ0v) is 10.2. The predicted molar refractivity (Wildman–Crippen MR) is 66.6 cm³/mol. The lowest BCUT2D eigenvalue weighted by molar-refractivity contribution is 0.498. The molecule has 2 aromatic rings. The fourth-order valence-electron chi connectivity index (χ4n) is 1.70. The van der Waals surface area contributed by atoms with Gasteiger partial charge in [0.05, 0.1) is 0 Å². The standard InChI is InChI=1S/C13H17N3O/c1-9-5-3-6-11(10(9)2)13-16-15-12(17-13)7-4-8-14/h3,5-6H,4,7-8,14H2,1-2H3. The van der Waals surface area contributed by atoms with E-state index in [4.69, 9.17) is 10.2 Å². The summed E-state index contributed by atoms with van der Waals surface area (Å²) in [5.41, 5.74) is 8.87. The van der Waals surface area contributed by atoms with E-state index in [0.29, 0.717) is 18.3 Å². The van der Waals surface area contributed by atoms with E-state index in [1.807, 2.05) is 12.1 Å². The van der Waals surface area contributed by atoms with Gasteiger partial charge in [-0.3, -0.25) is 0 Å². The first-order valence-corrected chi connectivity index (χ1v) is 5.81. The van der Waals surface area contributed by atoms with Gasteiger partial charge in [0.15, 0.2) is 0 Å². The van der Waals surface area contributed by atoms with Crippen LogP contribution in [0, 0.1) is 13.8 Å². The van der Waals surface area contributed by atoms with Gasteiger partial charge in [-0.05, 0) is 44.0 Å². The Morgan fingerprint density at radius 3 is 2.82 bits per heavy atom. The van der Waals surface area contributed by atoms with Gasteiger partial charge in [-0.25, -0.2) is 0 Å². The van der Waals surface area contributed by atoms with Crippen LogP contribution in [0.1, 0.15) is 23.4 Å².